The van der Waals surface area contributed by atoms with E-state index in [-0.39, 0.29) is 5.54 Å². The first-order chi connectivity index (χ1) is 8.90. The summed E-state index contributed by atoms with van der Waals surface area (Å²) in [7, 11) is 2.21. The molecule has 108 valence electrons. The van der Waals surface area contributed by atoms with Crippen LogP contribution in [0.2, 0.25) is 0 Å². The van der Waals surface area contributed by atoms with Crippen molar-refractivity contribution >= 4 is 0 Å². The van der Waals surface area contributed by atoms with Crippen LogP contribution in [-0.2, 0) is 6.54 Å². The summed E-state index contributed by atoms with van der Waals surface area (Å²) in [5.74, 6) is 0. The molecule has 1 aromatic rings. The Morgan fingerprint density at radius 1 is 1.05 bits per heavy atom. The van der Waals surface area contributed by atoms with Crippen molar-refractivity contribution in [2.45, 2.75) is 59.5 Å². The summed E-state index contributed by atoms with van der Waals surface area (Å²) in [6.07, 6.45) is 2.20. The molecule has 2 nitrogen and oxygen atoms in total. The molecule has 0 radical (unpaired) electrons. The van der Waals surface area contributed by atoms with Crippen LogP contribution in [0.1, 0.15) is 48.9 Å². The summed E-state index contributed by atoms with van der Waals surface area (Å²) >= 11 is 0. The van der Waals surface area contributed by atoms with Gasteiger partial charge < -0.3 is 5.73 Å². The lowest BCUT2D eigenvalue weighted by Crippen LogP contribution is -2.50. The highest BCUT2D eigenvalue weighted by molar-refractivity contribution is 5.37. The largest absolute Gasteiger partial charge is 0.329 e. The molecule has 1 rings (SSSR count). The minimum atomic E-state index is 0.129. The van der Waals surface area contributed by atoms with Crippen LogP contribution >= 0.6 is 0 Å². The Kier molecular flexibility index (Phi) is 5.57. The van der Waals surface area contributed by atoms with Gasteiger partial charge in [-0.25, -0.2) is 0 Å². The van der Waals surface area contributed by atoms with Gasteiger partial charge in [-0.05, 0) is 57.4 Å². The molecule has 0 aromatic heterocycles. The number of hydrogen-bond acceptors (Lipinski definition) is 2. The molecule has 0 aliphatic carbocycles. The van der Waals surface area contributed by atoms with Gasteiger partial charge in [0.15, 0.2) is 0 Å². The molecular weight excluding hydrogens is 232 g/mol. The second-order valence-electron chi connectivity index (χ2n) is 5.87. The fourth-order valence-corrected chi connectivity index (χ4v) is 3.10. The van der Waals surface area contributed by atoms with Gasteiger partial charge in [0.1, 0.15) is 0 Å². The number of rotatable bonds is 6. The second-order valence-corrected chi connectivity index (χ2v) is 5.87. The molecular formula is C17H30N2. The second kappa shape index (κ2) is 6.53. The lowest BCUT2D eigenvalue weighted by Gasteiger charge is -2.40. The van der Waals surface area contributed by atoms with E-state index in [1.165, 1.54) is 22.3 Å². The van der Waals surface area contributed by atoms with Gasteiger partial charge in [-0.2, -0.15) is 0 Å². The van der Waals surface area contributed by atoms with Gasteiger partial charge in [0.05, 0.1) is 0 Å². The maximum absolute atomic E-state index is 6.04. The molecule has 0 aliphatic heterocycles. The van der Waals surface area contributed by atoms with Gasteiger partial charge in [-0.15, -0.1) is 0 Å². The minimum Gasteiger partial charge on any atom is -0.329 e. The van der Waals surface area contributed by atoms with Crippen molar-refractivity contribution < 1.29 is 0 Å². The first kappa shape index (κ1) is 16.2. The Bertz CT molecular complexity index is 388. The average Bonchev–Trinajstić information content (AvgIpc) is 2.36. The quantitative estimate of drug-likeness (QED) is 0.849. The van der Waals surface area contributed by atoms with Crippen LogP contribution in [0.15, 0.2) is 12.1 Å². The van der Waals surface area contributed by atoms with Crippen LogP contribution < -0.4 is 5.73 Å². The SMILES string of the molecule is CCC(CC)(CN)N(C)Cc1c(C)cc(C)cc1C. The summed E-state index contributed by atoms with van der Waals surface area (Å²) in [5, 5.41) is 0. The van der Waals surface area contributed by atoms with Crippen molar-refractivity contribution in [1.82, 2.24) is 4.90 Å². The Labute approximate surface area is 119 Å². The Balaban J connectivity index is 3.02. The van der Waals surface area contributed by atoms with Gasteiger partial charge in [0, 0.05) is 18.6 Å². The summed E-state index contributed by atoms with van der Waals surface area (Å²) < 4.78 is 0. The van der Waals surface area contributed by atoms with E-state index in [1.54, 1.807) is 0 Å². The standard InChI is InChI=1S/C17H30N2/c1-7-17(8-2,12-18)19(6)11-16-14(4)9-13(3)10-15(16)5/h9-10H,7-8,11-12,18H2,1-6H3. The third kappa shape index (κ3) is 3.37. The molecule has 1 aromatic carbocycles. The van der Waals surface area contributed by atoms with Crippen molar-refractivity contribution in [3.63, 3.8) is 0 Å². The van der Waals surface area contributed by atoms with Gasteiger partial charge >= 0.3 is 0 Å². The Morgan fingerprint density at radius 2 is 1.53 bits per heavy atom. The summed E-state index contributed by atoms with van der Waals surface area (Å²) in [6, 6.07) is 4.55. The van der Waals surface area contributed by atoms with Crippen LogP contribution in [-0.4, -0.2) is 24.0 Å². The molecule has 0 atom stereocenters. The zero-order valence-corrected chi connectivity index (χ0v) is 13.5. The summed E-state index contributed by atoms with van der Waals surface area (Å²) in [4.78, 5) is 2.44. The summed E-state index contributed by atoms with van der Waals surface area (Å²) in [5.41, 5.74) is 11.7. The monoisotopic (exact) mass is 262 g/mol. The molecule has 0 saturated carbocycles. The molecule has 2 heteroatoms. The van der Waals surface area contributed by atoms with E-state index in [2.05, 4.69) is 58.7 Å². The maximum Gasteiger partial charge on any atom is 0.0327 e. The first-order valence-corrected chi connectivity index (χ1v) is 7.38. The van der Waals surface area contributed by atoms with Gasteiger partial charge in [-0.1, -0.05) is 31.5 Å². The van der Waals surface area contributed by atoms with Crippen molar-refractivity contribution in [2.75, 3.05) is 13.6 Å². The number of benzene rings is 1. The molecule has 0 spiro atoms. The van der Waals surface area contributed by atoms with Crippen molar-refractivity contribution in [1.29, 1.82) is 0 Å². The minimum absolute atomic E-state index is 0.129. The molecule has 19 heavy (non-hydrogen) atoms. The third-order valence-corrected chi connectivity index (χ3v) is 4.74. The number of nitrogens with zero attached hydrogens (tertiary/aromatic N) is 1. The van der Waals surface area contributed by atoms with Gasteiger partial charge in [0.25, 0.3) is 0 Å². The Morgan fingerprint density at radius 3 is 1.89 bits per heavy atom. The molecule has 0 bridgehead atoms. The van der Waals surface area contributed by atoms with Crippen LogP contribution in [0.3, 0.4) is 0 Å². The molecule has 0 saturated heterocycles. The highest BCUT2D eigenvalue weighted by atomic mass is 15.2. The van der Waals surface area contributed by atoms with Crippen LogP contribution in [0, 0.1) is 20.8 Å². The predicted molar refractivity (Wildman–Crippen MR) is 84.5 cm³/mol. The molecule has 0 fully saturated rings. The fourth-order valence-electron chi connectivity index (χ4n) is 3.10. The highest BCUT2D eigenvalue weighted by Gasteiger charge is 2.29. The van der Waals surface area contributed by atoms with Crippen LogP contribution in [0.4, 0.5) is 0 Å². The number of hydrogen-bond donors (Lipinski definition) is 1. The Hall–Kier alpha value is -0.860. The molecule has 0 unspecified atom stereocenters. The average molecular weight is 262 g/mol. The third-order valence-electron chi connectivity index (χ3n) is 4.74. The molecule has 0 heterocycles. The zero-order valence-electron chi connectivity index (χ0n) is 13.5. The van der Waals surface area contributed by atoms with E-state index >= 15 is 0 Å². The van der Waals surface area contributed by atoms with E-state index < -0.39 is 0 Å². The molecule has 0 aliphatic rings. The smallest absolute Gasteiger partial charge is 0.0327 e. The first-order valence-electron chi connectivity index (χ1n) is 7.38. The molecule has 2 N–H and O–H groups in total. The molecule has 0 amide bonds. The highest BCUT2D eigenvalue weighted by Crippen LogP contribution is 2.26. The number of nitrogens with two attached hydrogens (primary N) is 1. The van der Waals surface area contributed by atoms with E-state index in [4.69, 9.17) is 5.73 Å². The topological polar surface area (TPSA) is 29.3 Å². The van der Waals surface area contributed by atoms with E-state index in [1.807, 2.05) is 0 Å². The summed E-state index contributed by atoms with van der Waals surface area (Å²) in [6.45, 7) is 12.8. The van der Waals surface area contributed by atoms with Gasteiger partial charge in [-0.3, -0.25) is 4.90 Å². The lowest BCUT2D eigenvalue weighted by molar-refractivity contribution is 0.107. The van der Waals surface area contributed by atoms with Crippen molar-refractivity contribution in [3.8, 4) is 0 Å². The van der Waals surface area contributed by atoms with Crippen LogP contribution in [0.25, 0.3) is 0 Å². The van der Waals surface area contributed by atoms with Crippen LogP contribution in [0.5, 0.6) is 0 Å². The maximum atomic E-state index is 6.04. The van der Waals surface area contributed by atoms with E-state index in [0.29, 0.717) is 0 Å². The number of aryl methyl sites for hydroxylation is 3. The zero-order chi connectivity index (χ0) is 14.6. The normalized spacial score (nSPS) is 12.2. The van der Waals surface area contributed by atoms with Crippen molar-refractivity contribution in [2.24, 2.45) is 5.73 Å². The number of likely N-dealkylation sites (N-methyl/N-ethyl adjacent to an activating group) is 1. The van der Waals surface area contributed by atoms with Crippen molar-refractivity contribution in [3.05, 3.63) is 34.4 Å². The predicted octanol–water partition coefficient (Wildman–Crippen LogP) is 3.56. The lowest BCUT2D eigenvalue weighted by atomic mass is 9.89. The van der Waals surface area contributed by atoms with E-state index in [0.717, 1.165) is 25.9 Å². The van der Waals surface area contributed by atoms with Gasteiger partial charge in [0.2, 0.25) is 0 Å². The fraction of sp³-hybridized carbons (Fsp3) is 0.647. The van der Waals surface area contributed by atoms with E-state index in [9.17, 15) is 0 Å².